The molecule has 6 heteroatoms. The minimum Gasteiger partial charge on any atom is -0.462 e. The van der Waals surface area contributed by atoms with E-state index in [1.165, 1.54) is 173 Å². The van der Waals surface area contributed by atoms with Gasteiger partial charge in [-0.3, -0.25) is 14.4 Å². The quantitative estimate of drug-likeness (QED) is 0.0346. The van der Waals surface area contributed by atoms with E-state index in [2.05, 4.69) is 34.6 Å². The summed E-state index contributed by atoms with van der Waals surface area (Å²) in [5, 5.41) is 0. The number of hydrogen-bond donors (Lipinski definition) is 0. The van der Waals surface area contributed by atoms with E-state index < -0.39 is 6.10 Å². The molecule has 0 aliphatic rings. The van der Waals surface area contributed by atoms with Crippen molar-refractivity contribution in [2.45, 2.75) is 291 Å². The maximum atomic E-state index is 12.8. The first kappa shape index (κ1) is 56.4. The molecule has 0 aromatic rings. The largest absolute Gasteiger partial charge is 0.462 e. The van der Waals surface area contributed by atoms with Crippen molar-refractivity contribution in [1.82, 2.24) is 0 Å². The molecule has 0 unspecified atom stereocenters. The summed E-state index contributed by atoms with van der Waals surface area (Å²) in [6.45, 7) is 11.4. The van der Waals surface area contributed by atoms with E-state index in [1.807, 2.05) is 0 Å². The van der Waals surface area contributed by atoms with E-state index in [9.17, 15) is 14.4 Å². The van der Waals surface area contributed by atoms with Crippen LogP contribution in [0.1, 0.15) is 285 Å². The van der Waals surface area contributed by atoms with E-state index in [0.29, 0.717) is 19.3 Å². The molecule has 0 saturated heterocycles. The number of unbranched alkanes of at least 4 members (excludes halogenated alkanes) is 31. The van der Waals surface area contributed by atoms with Crippen molar-refractivity contribution >= 4 is 17.9 Å². The summed E-state index contributed by atoms with van der Waals surface area (Å²) < 4.78 is 16.8. The molecule has 0 aromatic heterocycles. The fourth-order valence-corrected chi connectivity index (χ4v) is 7.81. The second-order valence-corrected chi connectivity index (χ2v) is 18.8. The second kappa shape index (κ2) is 44.9. The van der Waals surface area contributed by atoms with Gasteiger partial charge in [-0.1, -0.05) is 247 Å². The number of rotatable bonds is 46. The zero-order valence-corrected chi connectivity index (χ0v) is 39.7. The summed E-state index contributed by atoms with van der Waals surface area (Å²) in [6, 6.07) is 0. The topological polar surface area (TPSA) is 78.9 Å². The SMILES string of the molecule is CCCCCCCCCCCCCC(=O)OC[C@H](COC(=O)CCCCCCCCCCCCCCCC(C)C)OC(=O)CCCCCCCCCCCCC(C)C. The van der Waals surface area contributed by atoms with Crippen LogP contribution in [0.4, 0.5) is 0 Å². The van der Waals surface area contributed by atoms with Gasteiger partial charge < -0.3 is 14.2 Å². The lowest BCUT2D eigenvalue weighted by Gasteiger charge is -2.18. The summed E-state index contributed by atoms with van der Waals surface area (Å²) in [7, 11) is 0. The first-order chi connectivity index (χ1) is 28.2. The van der Waals surface area contributed by atoms with Gasteiger partial charge in [-0.15, -0.1) is 0 Å². The van der Waals surface area contributed by atoms with E-state index in [-0.39, 0.29) is 31.1 Å². The maximum Gasteiger partial charge on any atom is 0.306 e. The monoisotopic (exact) mass is 821 g/mol. The van der Waals surface area contributed by atoms with E-state index in [0.717, 1.165) is 69.6 Å². The Morgan fingerprint density at radius 2 is 0.569 bits per heavy atom. The van der Waals surface area contributed by atoms with Crippen LogP contribution in [0.15, 0.2) is 0 Å². The Morgan fingerprint density at radius 3 is 0.845 bits per heavy atom. The first-order valence-electron chi connectivity index (χ1n) is 25.7. The van der Waals surface area contributed by atoms with Crippen molar-refractivity contribution in [2.24, 2.45) is 11.8 Å². The lowest BCUT2D eigenvalue weighted by molar-refractivity contribution is -0.167. The van der Waals surface area contributed by atoms with E-state index in [4.69, 9.17) is 14.2 Å². The molecule has 0 fully saturated rings. The molecule has 0 rings (SSSR count). The smallest absolute Gasteiger partial charge is 0.306 e. The summed E-state index contributed by atoms with van der Waals surface area (Å²) in [6.07, 6.45) is 45.1. The Hall–Kier alpha value is -1.59. The van der Waals surface area contributed by atoms with Crippen LogP contribution in [-0.2, 0) is 28.6 Å². The summed E-state index contributed by atoms with van der Waals surface area (Å²) in [4.78, 5) is 37.9. The van der Waals surface area contributed by atoms with Crippen LogP contribution in [0.2, 0.25) is 0 Å². The second-order valence-electron chi connectivity index (χ2n) is 18.8. The average molecular weight is 821 g/mol. The van der Waals surface area contributed by atoms with Crippen LogP contribution in [-0.4, -0.2) is 37.2 Å². The summed E-state index contributed by atoms with van der Waals surface area (Å²) in [5.41, 5.74) is 0. The Kier molecular flexibility index (Phi) is 43.7. The molecule has 58 heavy (non-hydrogen) atoms. The third-order valence-corrected chi connectivity index (χ3v) is 11.7. The molecule has 0 aromatic carbocycles. The molecule has 0 N–H and O–H groups in total. The normalized spacial score (nSPS) is 12.1. The molecule has 6 nitrogen and oxygen atoms in total. The van der Waals surface area contributed by atoms with E-state index >= 15 is 0 Å². The van der Waals surface area contributed by atoms with Gasteiger partial charge in [0.25, 0.3) is 0 Å². The van der Waals surface area contributed by atoms with Gasteiger partial charge in [-0.25, -0.2) is 0 Å². The minimum atomic E-state index is -0.761. The summed E-state index contributed by atoms with van der Waals surface area (Å²) >= 11 is 0. The Morgan fingerprint density at radius 1 is 0.328 bits per heavy atom. The molecule has 0 heterocycles. The van der Waals surface area contributed by atoms with Gasteiger partial charge in [0.15, 0.2) is 6.10 Å². The van der Waals surface area contributed by atoms with Crippen molar-refractivity contribution in [3.63, 3.8) is 0 Å². The predicted octanol–water partition coefficient (Wildman–Crippen LogP) is 16.5. The van der Waals surface area contributed by atoms with Gasteiger partial charge in [-0.05, 0) is 31.1 Å². The van der Waals surface area contributed by atoms with Crippen LogP contribution in [0, 0.1) is 11.8 Å². The lowest BCUT2D eigenvalue weighted by Crippen LogP contribution is -2.30. The Balaban J connectivity index is 4.30. The van der Waals surface area contributed by atoms with Crippen LogP contribution in [0.3, 0.4) is 0 Å². The van der Waals surface area contributed by atoms with Crippen LogP contribution >= 0.6 is 0 Å². The molecule has 0 bridgehead atoms. The average Bonchev–Trinajstić information content (AvgIpc) is 3.19. The molecule has 0 saturated carbocycles. The standard InChI is InChI=1S/C52H100O6/c1-6-7-8-9-10-11-15-22-27-32-37-42-50(53)56-45-49(58-52(55)44-39-34-29-24-19-18-21-26-31-36-41-48(4)5)46-57-51(54)43-38-33-28-23-17-14-12-13-16-20-25-30-35-40-47(2)3/h47-49H,6-46H2,1-5H3/t49-/m1/s1. The molecule has 0 spiro atoms. The molecule has 344 valence electrons. The first-order valence-corrected chi connectivity index (χ1v) is 25.7. The van der Waals surface area contributed by atoms with Crippen LogP contribution in [0.5, 0.6) is 0 Å². The highest BCUT2D eigenvalue weighted by Gasteiger charge is 2.19. The number of carbonyl (C=O) groups is 3. The highest BCUT2D eigenvalue weighted by Crippen LogP contribution is 2.17. The van der Waals surface area contributed by atoms with E-state index in [1.54, 1.807) is 0 Å². The lowest BCUT2D eigenvalue weighted by atomic mass is 10.0. The van der Waals surface area contributed by atoms with Gasteiger partial charge in [0, 0.05) is 19.3 Å². The van der Waals surface area contributed by atoms with Crippen molar-refractivity contribution < 1.29 is 28.6 Å². The van der Waals surface area contributed by atoms with Crippen molar-refractivity contribution in [1.29, 1.82) is 0 Å². The molecule has 0 aliphatic heterocycles. The van der Waals surface area contributed by atoms with Gasteiger partial charge in [0.1, 0.15) is 13.2 Å². The van der Waals surface area contributed by atoms with Crippen molar-refractivity contribution in [3.8, 4) is 0 Å². The highest BCUT2D eigenvalue weighted by molar-refractivity contribution is 5.71. The van der Waals surface area contributed by atoms with Gasteiger partial charge in [0.05, 0.1) is 0 Å². The molecule has 0 radical (unpaired) electrons. The zero-order chi connectivity index (χ0) is 42.6. The van der Waals surface area contributed by atoms with Gasteiger partial charge >= 0.3 is 17.9 Å². The number of esters is 3. The predicted molar refractivity (Wildman–Crippen MR) is 247 cm³/mol. The van der Waals surface area contributed by atoms with Gasteiger partial charge in [0.2, 0.25) is 0 Å². The fraction of sp³-hybridized carbons (Fsp3) is 0.942. The molecule has 0 aliphatic carbocycles. The molecular formula is C52H100O6. The number of ether oxygens (including phenoxy) is 3. The minimum absolute atomic E-state index is 0.0638. The third-order valence-electron chi connectivity index (χ3n) is 11.7. The van der Waals surface area contributed by atoms with Gasteiger partial charge in [-0.2, -0.15) is 0 Å². The summed E-state index contributed by atoms with van der Waals surface area (Å²) in [5.74, 6) is 0.807. The molecule has 0 amide bonds. The highest BCUT2D eigenvalue weighted by atomic mass is 16.6. The number of hydrogen-bond acceptors (Lipinski definition) is 6. The van der Waals surface area contributed by atoms with Crippen LogP contribution in [0.25, 0.3) is 0 Å². The zero-order valence-electron chi connectivity index (χ0n) is 39.7. The van der Waals surface area contributed by atoms with Crippen molar-refractivity contribution in [3.05, 3.63) is 0 Å². The van der Waals surface area contributed by atoms with Crippen LogP contribution < -0.4 is 0 Å². The van der Waals surface area contributed by atoms with Crippen molar-refractivity contribution in [2.75, 3.05) is 13.2 Å². The maximum absolute atomic E-state index is 12.8. The molecule has 1 atom stereocenters. The number of carbonyl (C=O) groups excluding carboxylic acids is 3. The Bertz CT molecular complexity index is 885. The molecular weight excluding hydrogens is 721 g/mol. The third kappa shape index (κ3) is 45.5. The Labute approximate surface area is 361 Å². The fourth-order valence-electron chi connectivity index (χ4n) is 7.81.